The van der Waals surface area contributed by atoms with Gasteiger partial charge < -0.3 is 9.47 Å². The highest BCUT2D eigenvalue weighted by Crippen LogP contribution is 2.26. The molecule has 0 aliphatic carbocycles. The molecule has 0 aliphatic heterocycles. The highest BCUT2D eigenvalue weighted by atomic mass is 79.9. The van der Waals surface area contributed by atoms with Crippen molar-refractivity contribution >= 4 is 38.8 Å². The number of carbonyl (C=O) groups is 1. The Morgan fingerprint density at radius 2 is 1.85 bits per heavy atom. The molecule has 1 N–H and O–H groups in total. The smallest absolute Gasteiger partial charge is 0.277 e. The van der Waals surface area contributed by atoms with Crippen molar-refractivity contribution in [2.24, 2.45) is 5.10 Å². The van der Waals surface area contributed by atoms with Crippen LogP contribution in [0.3, 0.4) is 0 Å². The summed E-state index contributed by atoms with van der Waals surface area (Å²) in [7, 11) is 0. The molecule has 3 aromatic carbocycles. The molecule has 0 bridgehead atoms. The molecular weight excluding hydrogens is 408 g/mol. The average Bonchev–Trinajstić information content (AvgIpc) is 2.69. The zero-order valence-corrected chi connectivity index (χ0v) is 16.4. The van der Waals surface area contributed by atoms with Crippen LogP contribution >= 0.6 is 15.9 Å². The van der Waals surface area contributed by atoms with E-state index in [0.29, 0.717) is 12.4 Å². The van der Waals surface area contributed by atoms with E-state index in [1.165, 1.54) is 0 Å². The molecule has 0 saturated carbocycles. The van der Waals surface area contributed by atoms with Crippen molar-refractivity contribution in [3.8, 4) is 11.5 Å². The Bertz CT molecular complexity index is 955. The minimum atomic E-state index is -0.340. The monoisotopic (exact) mass is 426 g/mol. The van der Waals surface area contributed by atoms with Crippen molar-refractivity contribution in [2.75, 3.05) is 13.2 Å². The summed E-state index contributed by atoms with van der Waals surface area (Å²) in [5, 5.41) is 6.15. The second-order valence-corrected chi connectivity index (χ2v) is 6.58. The highest BCUT2D eigenvalue weighted by molar-refractivity contribution is 9.10. The summed E-state index contributed by atoms with van der Waals surface area (Å²) in [6.45, 7) is 2.36. The minimum absolute atomic E-state index is 0.118. The van der Waals surface area contributed by atoms with Crippen LogP contribution in [0.5, 0.6) is 11.5 Å². The number of benzene rings is 3. The Labute approximate surface area is 166 Å². The van der Waals surface area contributed by atoms with E-state index in [-0.39, 0.29) is 12.5 Å². The second-order valence-electron chi connectivity index (χ2n) is 5.67. The quantitative estimate of drug-likeness (QED) is 0.445. The summed E-state index contributed by atoms with van der Waals surface area (Å²) < 4.78 is 12.1. The lowest BCUT2D eigenvalue weighted by atomic mass is 10.0. The summed E-state index contributed by atoms with van der Waals surface area (Å²) in [6, 6.07) is 19.1. The van der Waals surface area contributed by atoms with Crippen LogP contribution in [0, 0.1) is 0 Å². The predicted octanol–water partition coefficient (Wildman–Crippen LogP) is 4.53. The third kappa shape index (κ3) is 5.08. The normalized spacial score (nSPS) is 10.9. The van der Waals surface area contributed by atoms with E-state index in [1.807, 2.05) is 55.5 Å². The standard InChI is InChI=1S/C21H19BrN2O3/c1-2-26-20-12-7-15-5-3-4-6-18(15)19(20)13-23-24-21(25)14-27-17-10-8-16(22)9-11-17/h3-13H,2,14H2,1H3,(H,24,25)/b23-13+. The Morgan fingerprint density at radius 3 is 2.63 bits per heavy atom. The van der Waals surface area contributed by atoms with Crippen LogP contribution in [0.1, 0.15) is 12.5 Å². The Morgan fingerprint density at radius 1 is 1.07 bits per heavy atom. The second kappa shape index (κ2) is 9.19. The lowest BCUT2D eigenvalue weighted by Crippen LogP contribution is -2.24. The molecule has 6 heteroatoms. The summed E-state index contributed by atoms with van der Waals surface area (Å²) in [6.07, 6.45) is 1.60. The maximum atomic E-state index is 12.0. The van der Waals surface area contributed by atoms with Gasteiger partial charge in [0.15, 0.2) is 6.61 Å². The molecule has 3 aromatic rings. The van der Waals surface area contributed by atoms with E-state index in [1.54, 1.807) is 18.3 Å². The molecule has 0 radical (unpaired) electrons. The Hall–Kier alpha value is -2.86. The van der Waals surface area contributed by atoms with E-state index in [9.17, 15) is 4.79 Å². The first-order valence-corrected chi connectivity index (χ1v) is 9.31. The number of hydrazone groups is 1. The van der Waals surface area contributed by atoms with Gasteiger partial charge in [0.05, 0.1) is 12.8 Å². The largest absolute Gasteiger partial charge is 0.493 e. The Balaban J connectivity index is 1.67. The lowest BCUT2D eigenvalue weighted by molar-refractivity contribution is -0.123. The first kappa shape index (κ1) is 18.9. The van der Waals surface area contributed by atoms with Gasteiger partial charge in [-0.3, -0.25) is 4.79 Å². The van der Waals surface area contributed by atoms with Gasteiger partial charge in [0.25, 0.3) is 5.91 Å². The maximum Gasteiger partial charge on any atom is 0.277 e. The zero-order chi connectivity index (χ0) is 19.1. The molecule has 1 amide bonds. The number of carbonyl (C=O) groups excluding carboxylic acids is 1. The van der Waals surface area contributed by atoms with Crippen LogP contribution in [-0.4, -0.2) is 25.3 Å². The number of halogens is 1. The molecular formula is C21H19BrN2O3. The molecule has 0 spiro atoms. The number of nitrogens with one attached hydrogen (secondary N) is 1. The SMILES string of the molecule is CCOc1ccc2ccccc2c1/C=N/NC(=O)COc1ccc(Br)cc1. The van der Waals surface area contributed by atoms with Crippen molar-refractivity contribution in [3.05, 3.63) is 70.7 Å². The van der Waals surface area contributed by atoms with Crippen LogP contribution in [0.2, 0.25) is 0 Å². The van der Waals surface area contributed by atoms with Crippen LogP contribution in [0.4, 0.5) is 0 Å². The van der Waals surface area contributed by atoms with Crippen molar-refractivity contribution in [3.63, 3.8) is 0 Å². The molecule has 0 heterocycles. The van der Waals surface area contributed by atoms with Gasteiger partial charge in [0, 0.05) is 10.0 Å². The van der Waals surface area contributed by atoms with E-state index in [4.69, 9.17) is 9.47 Å². The first-order valence-electron chi connectivity index (χ1n) is 8.52. The van der Waals surface area contributed by atoms with Crippen LogP contribution in [-0.2, 0) is 4.79 Å². The number of hydrogen-bond donors (Lipinski definition) is 1. The molecule has 0 saturated heterocycles. The fraction of sp³-hybridized carbons (Fsp3) is 0.143. The zero-order valence-electron chi connectivity index (χ0n) is 14.8. The molecule has 3 rings (SSSR count). The van der Waals surface area contributed by atoms with Crippen molar-refractivity contribution < 1.29 is 14.3 Å². The third-order valence-electron chi connectivity index (χ3n) is 3.80. The van der Waals surface area contributed by atoms with Crippen molar-refractivity contribution in [1.82, 2.24) is 5.43 Å². The average molecular weight is 427 g/mol. The highest BCUT2D eigenvalue weighted by Gasteiger charge is 2.07. The molecule has 0 atom stereocenters. The molecule has 0 aliphatic rings. The number of rotatable bonds is 7. The van der Waals surface area contributed by atoms with Gasteiger partial charge in [-0.25, -0.2) is 5.43 Å². The molecule has 138 valence electrons. The van der Waals surface area contributed by atoms with Gasteiger partial charge in [-0.05, 0) is 48.0 Å². The van der Waals surface area contributed by atoms with E-state index < -0.39 is 0 Å². The van der Waals surface area contributed by atoms with Crippen molar-refractivity contribution in [1.29, 1.82) is 0 Å². The fourth-order valence-corrected chi connectivity index (χ4v) is 2.84. The summed E-state index contributed by atoms with van der Waals surface area (Å²) in [5.74, 6) is 0.998. The van der Waals surface area contributed by atoms with Crippen molar-refractivity contribution in [2.45, 2.75) is 6.92 Å². The topological polar surface area (TPSA) is 59.9 Å². The summed E-state index contributed by atoms with van der Waals surface area (Å²) in [5.41, 5.74) is 3.31. The summed E-state index contributed by atoms with van der Waals surface area (Å²) in [4.78, 5) is 12.0. The number of hydrogen-bond acceptors (Lipinski definition) is 4. The molecule has 0 aromatic heterocycles. The van der Waals surface area contributed by atoms with Crippen LogP contribution in [0.25, 0.3) is 10.8 Å². The van der Waals surface area contributed by atoms with E-state index in [0.717, 1.165) is 26.6 Å². The minimum Gasteiger partial charge on any atom is -0.493 e. The van der Waals surface area contributed by atoms with Gasteiger partial charge in [0.2, 0.25) is 0 Å². The number of nitrogens with zero attached hydrogens (tertiary/aromatic N) is 1. The molecule has 0 fully saturated rings. The third-order valence-corrected chi connectivity index (χ3v) is 4.33. The molecule has 5 nitrogen and oxygen atoms in total. The van der Waals surface area contributed by atoms with Gasteiger partial charge >= 0.3 is 0 Å². The van der Waals surface area contributed by atoms with E-state index >= 15 is 0 Å². The Kier molecular flexibility index (Phi) is 6.44. The fourth-order valence-electron chi connectivity index (χ4n) is 2.57. The lowest BCUT2D eigenvalue weighted by Gasteiger charge is -2.10. The first-order chi connectivity index (χ1) is 13.2. The molecule has 27 heavy (non-hydrogen) atoms. The van der Waals surface area contributed by atoms with E-state index in [2.05, 4.69) is 26.5 Å². The van der Waals surface area contributed by atoms with Gasteiger partial charge in [0.1, 0.15) is 11.5 Å². The summed E-state index contributed by atoms with van der Waals surface area (Å²) >= 11 is 3.35. The predicted molar refractivity (Wildman–Crippen MR) is 110 cm³/mol. The van der Waals surface area contributed by atoms with Gasteiger partial charge in [-0.1, -0.05) is 46.3 Å². The number of ether oxygens (including phenoxy) is 2. The van der Waals surface area contributed by atoms with Gasteiger partial charge in [-0.2, -0.15) is 5.10 Å². The number of fused-ring (bicyclic) bond motifs is 1. The van der Waals surface area contributed by atoms with Gasteiger partial charge in [-0.15, -0.1) is 0 Å². The maximum absolute atomic E-state index is 12.0. The molecule has 0 unspecified atom stereocenters. The number of amides is 1. The van der Waals surface area contributed by atoms with Crippen LogP contribution < -0.4 is 14.9 Å². The van der Waals surface area contributed by atoms with Crippen LogP contribution in [0.15, 0.2) is 70.2 Å².